The molecule has 1 aromatic heterocycles. The standard InChI is InChI=1S/C8H9N3OS/c1-12-8-11-6-4(9)2-3-5(10)7(6)13-8/h2-3H,9-10H2,1H3. The largest absolute Gasteiger partial charge is 0.473 e. The third-order valence-corrected chi connectivity index (χ3v) is 2.83. The normalized spacial score (nSPS) is 10.5. The maximum absolute atomic E-state index is 5.75. The average Bonchev–Trinajstić information content (AvgIpc) is 2.56. The fourth-order valence-electron chi connectivity index (χ4n) is 1.11. The lowest BCUT2D eigenvalue weighted by Gasteiger charge is -1.96. The number of nitrogens with zero attached hydrogens (tertiary/aromatic N) is 1. The predicted octanol–water partition coefficient (Wildman–Crippen LogP) is 1.47. The molecule has 0 radical (unpaired) electrons. The molecule has 5 heteroatoms. The van der Waals surface area contributed by atoms with Gasteiger partial charge in [0.1, 0.15) is 5.52 Å². The molecular formula is C8H9N3OS. The lowest BCUT2D eigenvalue weighted by Crippen LogP contribution is -1.90. The van der Waals surface area contributed by atoms with Crippen molar-refractivity contribution in [3.8, 4) is 5.19 Å². The Balaban J connectivity index is 2.80. The summed E-state index contributed by atoms with van der Waals surface area (Å²) in [6, 6.07) is 3.52. The Morgan fingerprint density at radius 2 is 2.00 bits per heavy atom. The summed E-state index contributed by atoms with van der Waals surface area (Å²) in [5.41, 5.74) is 13.5. The quantitative estimate of drug-likeness (QED) is 0.676. The Morgan fingerprint density at radius 1 is 1.31 bits per heavy atom. The van der Waals surface area contributed by atoms with Crippen LogP contribution in [0.15, 0.2) is 12.1 Å². The number of methoxy groups -OCH3 is 1. The van der Waals surface area contributed by atoms with Crippen molar-refractivity contribution >= 4 is 32.9 Å². The van der Waals surface area contributed by atoms with Gasteiger partial charge >= 0.3 is 0 Å². The smallest absolute Gasteiger partial charge is 0.274 e. The highest BCUT2D eigenvalue weighted by Crippen LogP contribution is 2.34. The number of rotatable bonds is 1. The number of aromatic nitrogens is 1. The van der Waals surface area contributed by atoms with Gasteiger partial charge in [0.2, 0.25) is 0 Å². The summed E-state index contributed by atoms with van der Waals surface area (Å²) in [5, 5.41) is 0.583. The van der Waals surface area contributed by atoms with Gasteiger partial charge in [-0.2, -0.15) is 0 Å². The first kappa shape index (κ1) is 8.12. The highest BCUT2D eigenvalue weighted by molar-refractivity contribution is 7.20. The molecular weight excluding hydrogens is 186 g/mol. The van der Waals surface area contributed by atoms with Crippen LogP contribution in [-0.2, 0) is 0 Å². The average molecular weight is 195 g/mol. The lowest BCUT2D eigenvalue weighted by molar-refractivity contribution is 0.413. The number of benzene rings is 1. The van der Waals surface area contributed by atoms with Gasteiger partial charge < -0.3 is 16.2 Å². The number of nitrogen functional groups attached to an aromatic ring is 2. The fraction of sp³-hybridized carbons (Fsp3) is 0.125. The zero-order valence-corrected chi connectivity index (χ0v) is 7.89. The van der Waals surface area contributed by atoms with E-state index in [4.69, 9.17) is 16.2 Å². The predicted molar refractivity (Wildman–Crippen MR) is 55.0 cm³/mol. The Kier molecular flexibility index (Phi) is 1.73. The summed E-state index contributed by atoms with van der Waals surface area (Å²) in [7, 11) is 1.57. The van der Waals surface area contributed by atoms with Crippen molar-refractivity contribution in [2.45, 2.75) is 0 Å². The van der Waals surface area contributed by atoms with Gasteiger partial charge in [-0.05, 0) is 12.1 Å². The molecule has 1 heterocycles. The zero-order chi connectivity index (χ0) is 9.42. The van der Waals surface area contributed by atoms with Crippen molar-refractivity contribution in [1.82, 2.24) is 4.98 Å². The van der Waals surface area contributed by atoms with Gasteiger partial charge in [0.25, 0.3) is 5.19 Å². The number of hydrogen-bond acceptors (Lipinski definition) is 5. The van der Waals surface area contributed by atoms with E-state index in [1.807, 2.05) is 0 Å². The van der Waals surface area contributed by atoms with Crippen LogP contribution in [-0.4, -0.2) is 12.1 Å². The summed E-state index contributed by atoms with van der Waals surface area (Å²) < 4.78 is 5.89. The van der Waals surface area contributed by atoms with Gasteiger partial charge in [-0.3, -0.25) is 0 Å². The molecule has 2 rings (SSSR count). The van der Waals surface area contributed by atoms with E-state index in [0.717, 1.165) is 10.2 Å². The van der Waals surface area contributed by atoms with Crippen LogP contribution in [0.3, 0.4) is 0 Å². The van der Waals surface area contributed by atoms with Gasteiger partial charge in [-0.1, -0.05) is 11.3 Å². The van der Waals surface area contributed by atoms with Crippen LogP contribution in [0, 0.1) is 0 Å². The van der Waals surface area contributed by atoms with Crippen molar-refractivity contribution in [1.29, 1.82) is 0 Å². The Labute approximate surface area is 79.1 Å². The first-order valence-corrected chi connectivity index (χ1v) is 4.52. The SMILES string of the molecule is COc1nc2c(N)ccc(N)c2s1. The van der Waals surface area contributed by atoms with Crippen molar-refractivity contribution in [3.63, 3.8) is 0 Å². The second-order valence-corrected chi connectivity index (χ2v) is 3.57. The molecule has 0 aliphatic carbocycles. The summed E-state index contributed by atoms with van der Waals surface area (Å²) in [4.78, 5) is 4.18. The molecule has 0 saturated carbocycles. The number of fused-ring (bicyclic) bond motifs is 1. The monoisotopic (exact) mass is 195 g/mol. The van der Waals surface area contributed by atoms with E-state index < -0.39 is 0 Å². The van der Waals surface area contributed by atoms with E-state index in [0.29, 0.717) is 16.6 Å². The molecule has 0 saturated heterocycles. The van der Waals surface area contributed by atoms with Crippen LogP contribution in [0.1, 0.15) is 0 Å². The molecule has 0 atom stereocenters. The molecule has 0 amide bonds. The van der Waals surface area contributed by atoms with Gasteiger partial charge in [0.15, 0.2) is 0 Å². The first-order valence-electron chi connectivity index (χ1n) is 3.71. The minimum Gasteiger partial charge on any atom is -0.473 e. The van der Waals surface area contributed by atoms with Gasteiger partial charge in [-0.15, -0.1) is 0 Å². The Bertz CT molecular complexity index is 413. The Hall–Kier alpha value is -1.49. The zero-order valence-electron chi connectivity index (χ0n) is 7.07. The van der Waals surface area contributed by atoms with Crippen molar-refractivity contribution in [2.75, 3.05) is 18.6 Å². The third-order valence-electron chi connectivity index (χ3n) is 1.76. The topological polar surface area (TPSA) is 74.2 Å². The third kappa shape index (κ3) is 1.17. The van der Waals surface area contributed by atoms with Crippen LogP contribution in [0.2, 0.25) is 0 Å². The van der Waals surface area contributed by atoms with E-state index in [1.165, 1.54) is 11.3 Å². The highest BCUT2D eigenvalue weighted by Gasteiger charge is 2.08. The molecule has 68 valence electrons. The van der Waals surface area contributed by atoms with Crippen LogP contribution >= 0.6 is 11.3 Å². The van der Waals surface area contributed by atoms with E-state index in [1.54, 1.807) is 19.2 Å². The number of thiazole rings is 1. The minimum atomic E-state index is 0.583. The van der Waals surface area contributed by atoms with Gasteiger partial charge in [0.05, 0.1) is 23.2 Å². The van der Waals surface area contributed by atoms with Crippen molar-refractivity contribution in [3.05, 3.63) is 12.1 Å². The van der Waals surface area contributed by atoms with E-state index in [2.05, 4.69) is 4.98 Å². The number of ether oxygens (including phenoxy) is 1. The summed E-state index contributed by atoms with van der Waals surface area (Å²) in [6.07, 6.45) is 0. The molecule has 2 aromatic rings. The number of hydrogen-bond donors (Lipinski definition) is 2. The van der Waals surface area contributed by atoms with Crippen LogP contribution in [0.5, 0.6) is 5.19 Å². The van der Waals surface area contributed by atoms with Crippen molar-refractivity contribution in [2.24, 2.45) is 0 Å². The molecule has 0 unspecified atom stereocenters. The first-order chi connectivity index (χ1) is 6.22. The van der Waals surface area contributed by atoms with E-state index >= 15 is 0 Å². The molecule has 0 aliphatic heterocycles. The Morgan fingerprint density at radius 3 is 2.62 bits per heavy atom. The maximum atomic E-state index is 5.75. The lowest BCUT2D eigenvalue weighted by atomic mass is 10.2. The molecule has 13 heavy (non-hydrogen) atoms. The van der Waals surface area contributed by atoms with Crippen LogP contribution in [0.25, 0.3) is 10.2 Å². The highest BCUT2D eigenvalue weighted by atomic mass is 32.1. The van der Waals surface area contributed by atoms with Gasteiger partial charge in [-0.25, -0.2) is 4.98 Å². The molecule has 0 fully saturated rings. The number of anilines is 2. The summed E-state index contributed by atoms with van der Waals surface area (Å²) in [6.45, 7) is 0. The maximum Gasteiger partial charge on any atom is 0.274 e. The second kappa shape index (κ2) is 2.77. The van der Waals surface area contributed by atoms with E-state index in [9.17, 15) is 0 Å². The van der Waals surface area contributed by atoms with E-state index in [-0.39, 0.29) is 0 Å². The van der Waals surface area contributed by atoms with Crippen LogP contribution in [0.4, 0.5) is 11.4 Å². The summed E-state index contributed by atoms with van der Waals surface area (Å²) in [5.74, 6) is 0. The minimum absolute atomic E-state index is 0.583. The van der Waals surface area contributed by atoms with Crippen molar-refractivity contribution < 1.29 is 4.74 Å². The molecule has 0 bridgehead atoms. The fourth-order valence-corrected chi connectivity index (χ4v) is 1.95. The molecule has 0 aliphatic rings. The summed E-state index contributed by atoms with van der Waals surface area (Å²) >= 11 is 1.40. The second-order valence-electron chi connectivity index (χ2n) is 2.61. The molecule has 4 N–H and O–H groups in total. The van der Waals surface area contributed by atoms with Gasteiger partial charge in [0, 0.05) is 0 Å². The molecule has 1 aromatic carbocycles. The van der Waals surface area contributed by atoms with Crippen LogP contribution < -0.4 is 16.2 Å². The molecule has 4 nitrogen and oxygen atoms in total. The molecule has 0 spiro atoms. The number of nitrogens with two attached hydrogens (primary N) is 2.